The van der Waals surface area contributed by atoms with Crippen LogP contribution in [0.2, 0.25) is 0 Å². The molecule has 0 spiro atoms. The number of aromatic nitrogens is 3. The molecule has 0 saturated carbocycles. The van der Waals surface area contributed by atoms with Gasteiger partial charge >= 0.3 is 0 Å². The highest BCUT2D eigenvalue weighted by molar-refractivity contribution is 5.80. The lowest BCUT2D eigenvalue weighted by Crippen LogP contribution is -2.48. The zero-order valence-corrected chi connectivity index (χ0v) is 20.6. The van der Waals surface area contributed by atoms with Crippen LogP contribution < -0.4 is 10.6 Å². The van der Waals surface area contributed by atoms with Crippen LogP contribution in [0.15, 0.2) is 35.3 Å². The van der Waals surface area contributed by atoms with Crippen LogP contribution in [0.4, 0.5) is 0 Å². The fourth-order valence-electron chi connectivity index (χ4n) is 4.72. The SMILES string of the molecule is CCN1CCCC1CNC(=NCc1nnc(C)n1C)NCC(CC)(CC)c1ccccc1. The van der Waals surface area contributed by atoms with Crippen molar-refractivity contribution >= 4 is 5.96 Å². The van der Waals surface area contributed by atoms with Crippen molar-refractivity contribution in [1.29, 1.82) is 0 Å². The lowest BCUT2D eigenvalue weighted by Gasteiger charge is -2.33. The first-order valence-electron chi connectivity index (χ1n) is 12.2. The predicted octanol–water partition coefficient (Wildman–Crippen LogP) is 3.40. The van der Waals surface area contributed by atoms with Crippen molar-refractivity contribution in [3.63, 3.8) is 0 Å². The smallest absolute Gasteiger partial charge is 0.191 e. The first-order chi connectivity index (χ1) is 15.5. The Bertz CT molecular complexity index is 854. The molecule has 1 fully saturated rings. The highest BCUT2D eigenvalue weighted by atomic mass is 15.3. The molecule has 2 N–H and O–H groups in total. The van der Waals surface area contributed by atoms with Gasteiger partial charge in [0.15, 0.2) is 11.8 Å². The van der Waals surface area contributed by atoms with Crippen LogP contribution >= 0.6 is 0 Å². The van der Waals surface area contributed by atoms with Gasteiger partial charge in [-0.2, -0.15) is 0 Å². The molecule has 0 bridgehead atoms. The van der Waals surface area contributed by atoms with Gasteiger partial charge in [0.1, 0.15) is 12.4 Å². The normalized spacial score (nSPS) is 17.7. The molecule has 0 radical (unpaired) electrons. The maximum Gasteiger partial charge on any atom is 0.191 e. The number of aliphatic imine (C=N–C) groups is 1. The molecule has 176 valence electrons. The topological polar surface area (TPSA) is 70.4 Å². The summed E-state index contributed by atoms with van der Waals surface area (Å²) in [4.78, 5) is 7.46. The third-order valence-corrected chi connectivity index (χ3v) is 7.31. The molecule has 7 heteroatoms. The summed E-state index contributed by atoms with van der Waals surface area (Å²) in [5.41, 5.74) is 1.46. The van der Waals surface area contributed by atoms with Crippen LogP contribution in [0, 0.1) is 6.92 Å². The molecule has 0 amide bonds. The molecule has 1 unspecified atom stereocenters. The van der Waals surface area contributed by atoms with Gasteiger partial charge in [0.2, 0.25) is 0 Å². The van der Waals surface area contributed by atoms with Crippen molar-refractivity contribution in [2.24, 2.45) is 12.0 Å². The highest BCUT2D eigenvalue weighted by Crippen LogP contribution is 2.30. The van der Waals surface area contributed by atoms with Gasteiger partial charge in [-0.3, -0.25) is 4.90 Å². The summed E-state index contributed by atoms with van der Waals surface area (Å²) in [6.07, 6.45) is 4.67. The molecule has 2 heterocycles. The molecule has 1 aliphatic heterocycles. The van der Waals surface area contributed by atoms with Crippen LogP contribution in [0.3, 0.4) is 0 Å². The van der Waals surface area contributed by atoms with Crippen LogP contribution in [0.25, 0.3) is 0 Å². The average Bonchev–Trinajstić information content (AvgIpc) is 3.42. The molecule has 7 nitrogen and oxygen atoms in total. The number of nitrogens with one attached hydrogen (secondary N) is 2. The lowest BCUT2D eigenvalue weighted by molar-refractivity contribution is 0.266. The van der Waals surface area contributed by atoms with Crippen LogP contribution in [-0.4, -0.2) is 57.8 Å². The fourth-order valence-corrected chi connectivity index (χ4v) is 4.72. The van der Waals surface area contributed by atoms with E-state index in [1.807, 2.05) is 18.5 Å². The van der Waals surface area contributed by atoms with Crippen molar-refractivity contribution in [2.75, 3.05) is 26.2 Å². The first kappa shape index (κ1) is 24.2. The van der Waals surface area contributed by atoms with Crippen molar-refractivity contribution in [3.05, 3.63) is 47.5 Å². The number of rotatable bonds is 10. The van der Waals surface area contributed by atoms with Crippen molar-refractivity contribution in [1.82, 2.24) is 30.3 Å². The Morgan fingerprint density at radius 3 is 2.50 bits per heavy atom. The lowest BCUT2D eigenvalue weighted by atomic mass is 9.76. The zero-order chi connectivity index (χ0) is 23.0. The maximum absolute atomic E-state index is 4.90. The number of aryl methyl sites for hydroxylation is 1. The van der Waals surface area contributed by atoms with E-state index < -0.39 is 0 Å². The van der Waals surface area contributed by atoms with Gasteiger partial charge in [-0.05, 0) is 51.3 Å². The summed E-state index contributed by atoms with van der Waals surface area (Å²) in [6, 6.07) is 11.4. The average molecular weight is 440 g/mol. The molecule has 32 heavy (non-hydrogen) atoms. The quantitative estimate of drug-likeness (QED) is 0.439. The molecule has 3 rings (SSSR count). The molecular formula is C25H41N7. The monoisotopic (exact) mass is 439 g/mol. The summed E-state index contributed by atoms with van der Waals surface area (Å²) in [5, 5.41) is 15.8. The number of guanidine groups is 1. The van der Waals surface area contributed by atoms with Crippen molar-refractivity contribution < 1.29 is 0 Å². The molecule has 2 aromatic rings. The molecule has 1 aromatic heterocycles. The molecule has 1 aliphatic rings. The van der Waals surface area contributed by atoms with Crippen LogP contribution in [0.1, 0.15) is 63.7 Å². The second kappa shape index (κ2) is 11.5. The summed E-state index contributed by atoms with van der Waals surface area (Å²) in [6.45, 7) is 13.3. The van der Waals surface area contributed by atoms with Gasteiger partial charge in [0.25, 0.3) is 0 Å². The molecule has 1 saturated heterocycles. The number of likely N-dealkylation sites (N-methyl/N-ethyl adjacent to an activating group) is 1. The van der Waals surface area contributed by atoms with E-state index in [1.54, 1.807) is 0 Å². The van der Waals surface area contributed by atoms with Gasteiger partial charge in [-0.1, -0.05) is 51.1 Å². The number of benzene rings is 1. The Balaban J connectivity index is 1.74. The van der Waals surface area contributed by atoms with Gasteiger partial charge < -0.3 is 15.2 Å². The summed E-state index contributed by atoms with van der Waals surface area (Å²) in [5.74, 6) is 2.64. The first-order valence-corrected chi connectivity index (χ1v) is 12.2. The van der Waals surface area contributed by atoms with Gasteiger partial charge in [-0.25, -0.2) is 4.99 Å². The van der Waals surface area contributed by atoms with Gasteiger partial charge in [0, 0.05) is 31.6 Å². The van der Waals surface area contributed by atoms with Crippen LogP contribution in [-0.2, 0) is 19.0 Å². The van der Waals surface area contributed by atoms with E-state index in [1.165, 1.54) is 24.9 Å². The summed E-state index contributed by atoms with van der Waals surface area (Å²) in [7, 11) is 1.99. The summed E-state index contributed by atoms with van der Waals surface area (Å²) >= 11 is 0. The molecule has 1 atom stereocenters. The van der Waals surface area contributed by atoms with E-state index in [-0.39, 0.29) is 5.41 Å². The Hall–Kier alpha value is -2.41. The van der Waals surface area contributed by atoms with Crippen molar-refractivity contribution in [2.45, 2.75) is 71.4 Å². The molecular weight excluding hydrogens is 398 g/mol. The Morgan fingerprint density at radius 2 is 1.88 bits per heavy atom. The van der Waals surface area contributed by atoms with E-state index in [9.17, 15) is 0 Å². The van der Waals surface area contributed by atoms with E-state index in [0.717, 1.165) is 50.1 Å². The number of hydrogen-bond acceptors (Lipinski definition) is 4. The third-order valence-electron chi connectivity index (χ3n) is 7.31. The van der Waals surface area contributed by atoms with E-state index in [2.05, 4.69) is 76.8 Å². The van der Waals surface area contributed by atoms with E-state index in [0.29, 0.717) is 12.6 Å². The van der Waals surface area contributed by atoms with Gasteiger partial charge in [0.05, 0.1) is 0 Å². The van der Waals surface area contributed by atoms with Crippen molar-refractivity contribution in [3.8, 4) is 0 Å². The second-order valence-corrected chi connectivity index (χ2v) is 8.90. The van der Waals surface area contributed by atoms with Crippen LogP contribution in [0.5, 0.6) is 0 Å². The standard InChI is InChI=1S/C25H41N7/c1-6-25(7-2,21-13-10-9-11-14-21)19-28-24(26-17-22-15-12-16-32(22)8-3)27-18-23-30-29-20(4)31(23)5/h9-11,13-14,22H,6-8,12,15-19H2,1-5H3,(H2,26,27,28). The number of nitrogens with zero attached hydrogens (tertiary/aromatic N) is 5. The van der Waals surface area contributed by atoms with Gasteiger partial charge in [-0.15, -0.1) is 10.2 Å². The number of likely N-dealkylation sites (tertiary alicyclic amines) is 1. The Kier molecular flexibility index (Phi) is 8.67. The Morgan fingerprint density at radius 1 is 1.12 bits per heavy atom. The van der Waals surface area contributed by atoms with E-state index in [4.69, 9.17) is 4.99 Å². The minimum absolute atomic E-state index is 0.0773. The minimum atomic E-state index is 0.0773. The molecule has 1 aromatic carbocycles. The minimum Gasteiger partial charge on any atom is -0.356 e. The zero-order valence-electron chi connectivity index (χ0n) is 20.6. The molecule has 0 aliphatic carbocycles. The summed E-state index contributed by atoms with van der Waals surface area (Å²) < 4.78 is 2.00. The highest BCUT2D eigenvalue weighted by Gasteiger charge is 2.29. The fraction of sp³-hybridized carbons (Fsp3) is 0.640. The third kappa shape index (κ3) is 5.68. The Labute approximate surface area is 193 Å². The predicted molar refractivity (Wildman–Crippen MR) is 132 cm³/mol. The maximum atomic E-state index is 4.90. The van der Waals surface area contributed by atoms with E-state index >= 15 is 0 Å². The second-order valence-electron chi connectivity index (χ2n) is 8.90. The largest absolute Gasteiger partial charge is 0.356 e. The number of hydrogen-bond donors (Lipinski definition) is 2.